The number of carboxylic acids is 1. The van der Waals surface area contributed by atoms with Gasteiger partial charge in [0.25, 0.3) is 11.5 Å². The quantitative estimate of drug-likeness (QED) is 0.527. The molecule has 0 aromatic carbocycles. The van der Waals surface area contributed by atoms with Crippen LogP contribution < -0.4 is 10.9 Å². The van der Waals surface area contributed by atoms with Crippen LogP contribution in [0.2, 0.25) is 0 Å². The summed E-state index contributed by atoms with van der Waals surface area (Å²) in [7, 11) is 0. The maximum absolute atomic E-state index is 11.6. The molecule has 0 saturated carbocycles. The highest BCUT2D eigenvalue weighted by Gasteiger charge is 2.19. The summed E-state index contributed by atoms with van der Waals surface area (Å²) < 4.78 is 1.09. The van der Waals surface area contributed by atoms with Crippen molar-refractivity contribution in [2.75, 3.05) is 6.54 Å². The van der Waals surface area contributed by atoms with E-state index in [0.717, 1.165) is 4.40 Å². The molecule has 0 aliphatic heterocycles. The van der Waals surface area contributed by atoms with E-state index in [9.17, 15) is 19.5 Å². The second-order valence-electron chi connectivity index (χ2n) is 3.35. The summed E-state index contributed by atoms with van der Waals surface area (Å²) in [6.45, 7) is -0.653. The number of hydrogen-bond donors (Lipinski definition) is 4. The van der Waals surface area contributed by atoms with E-state index in [1.807, 2.05) is 5.32 Å². The third-order valence-corrected chi connectivity index (χ3v) is 2.17. The maximum atomic E-state index is 11.6. The topological polar surface area (TPSA) is 137 Å². The Hall–Kier alpha value is -2.84. The molecule has 0 unspecified atom stereocenters. The van der Waals surface area contributed by atoms with Crippen LogP contribution in [0, 0.1) is 0 Å². The second-order valence-corrected chi connectivity index (χ2v) is 3.35. The molecule has 4 N–H and O–H groups in total. The van der Waals surface area contributed by atoms with Gasteiger partial charge in [-0.05, 0) is 0 Å². The Labute approximate surface area is 98.7 Å². The van der Waals surface area contributed by atoms with Gasteiger partial charge in [-0.25, -0.2) is 4.98 Å². The number of amides is 1. The van der Waals surface area contributed by atoms with Crippen molar-refractivity contribution in [1.82, 2.24) is 19.7 Å². The highest BCUT2D eigenvalue weighted by molar-refractivity contribution is 5.97. The molecule has 2 heterocycles. The summed E-state index contributed by atoms with van der Waals surface area (Å²) in [5.41, 5.74) is -1.42. The van der Waals surface area contributed by atoms with E-state index in [1.165, 1.54) is 12.4 Å². The van der Waals surface area contributed by atoms with Gasteiger partial charge in [-0.2, -0.15) is 0 Å². The number of carboxylic acid groups (broad SMARTS) is 1. The van der Waals surface area contributed by atoms with Crippen LogP contribution in [0.4, 0.5) is 0 Å². The number of aliphatic carboxylic acids is 1. The van der Waals surface area contributed by atoms with Gasteiger partial charge in [0.1, 0.15) is 6.54 Å². The number of nitrogens with zero attached hydrogens (tertiary/aromatic N) is 2. The average molecular weight is 252 g/mol. The van der Waals surface area contributed by atoms with Gasteiger partial charge in [-0.15, -0.1) is 0 Å². The number of H-pyrrole nitrogens is 1. The van der Waals surface area contributed by atoms with E-state index in [1.54, 1.807) is 0 Å². The van der Waals surface area contributed by atoms with E-state index in [-0.39, 0.29) is 5.78 Å². The molecule has 94 valence electrons. The number of hydrogen-bond acceptors (Lipinski definition) is 5. The van der Waals surface area contributed by atoms with Gasteiger partial charge in [-0.3, -0.25) is 23.8 Å². The molecular weight excluding hydrogens is 244 g/mol. The Morgan fingerprint density at radius 3 is 2.89 bits per heavy atom. The molecule has 0 spiro atoms. The fraction of sp³-hybridized carbons (Fsp3) is 0.111. The summed E-state index contributed by atoms with van der Waals surface area (Å²) in [4.78, 5) is 39.4. The largest absolute Gasteiger partial charge is 0.493 e. The standard InChI is InChI=1S/C9H8N4O5/c14-4(15)3-11-6(16)5-7(17)12-9-10-1-2-13(9)8(5)18/h1-2,18H,3H2,(H,11,16)(H,14,15)(H,10,12,17). The molecule has 0 radical (unpaired) electrons. The first kappa shape index (κ1) is 11.6. The first-order chi connectivity index (χ1) is 8.50. The van der Waals surface area contributed by atoms with Crippen molar-refractivity contribution in [3.63, 3.8) is 0 Å². The van der Waals surface area contributed by atoms with Gasteiger partial charge in [-0.1, -0.05) is 0 Å². The molecule has 0 aliphatic rings. The molecule has 0 saturated heterocycles. The number of fused-ring (bicyclic) bond motifs is 1. The highest BCUT2D eigenvalue weighted by Crippen LogP contribution is 2.13. The summed E-state index contributed by atoms with van der Waals surface area (Å²) in [5, 5.41) is 20.1. The smallest absolute Gasteiger partial charge is 0.322 e. The number of carbonyl (C=O) groups excluding carboxylic acids is 1. The number of imidazole rings is 1. The van der Waals surface area contributed by atoms with Crippen molar-refractivity contribution in [1.29, 1.82) is 0 Å². The molecule has 9 heteroatoms. The Kier molecular flexibility index (Phi) is 2.72. The van der Waals surface area contributed by atoms with Crippen LogP contribution >= 0.6 is 0 Å². The van der Waals surface area contributed by atoms with Gasteiger partial charge in [0.2, 0.25) is 11.7 Å². The van der Waals surface area contributed by atoms with Gasteiger partial charge in [0, 0.05) is 12.4 Å². The number of aromatic hydroxyl groups is 1. The van der Waals surface area contributed by atoms with Crippen molar-refractivity contribution in [2.24, 2.45) is 0 Å². The average Bonchev–Trinajstić information content (AvgIpc) is 2.74. The fourth-order valence-corrected chi connectivity index (χ4v) is 1.40. The van der Waals surface area contributed by atoms with Crippen molar-refractivity contribution >= 4 is 17.7 Å². The van der Waals surface area contributed by atoms with Crippen LogP contribution in [0.1, 0.15) is 10.4 Å². The summed E-state index contributed by atoms with van der Waals surface area (Å²) in [6.07, 6.45) is 2.67. The normalized spacial score (nSPS) is 10.4. The fourth-order valence-electron chi connectivity index (χ4n) is 1.40. The van der Waals surface area contributed by atoms with Crippen LogP contribution in [0.15, 0.2) is 17.2 Å². The van der Waals surface area contributed by atoms with Crippen molar-refractivity contribution < 1.29 is 19.8 Å². The molecule has 1 amide bonds. The van der Waals surface area contributed by atoms with Crippen LogP contribution in [0.5, 0.6) is 5.88 Å². The molecule has 2 rings (SSSR count). The lowest BCUT2D eigenvalue weighted by molar-refractivity contribution is -0.135. The Morgan fingerprint density at radius 2 is 2.22 bits per heavy atom. The molecule has 9 nitrogen and oxygen atoms in total. The molecule has 0 atom stereocenters. The van der Waals surface area contributed by atoms with Gasteiger partial charge in [0.15, 0.2) is 5.56 Å². The summed E-state index contributed by atoms with van der Waals surface area (Å²) in [6, 6.07) is 0. The monoisotopic (exact) mass is 252 g/mol. The van der Waals surface area contributed by atoms with Crippen LogP contribution in [0.25, 0.3) is 5.78 Å². The van der Waals surface area contributed by atoms with Crippen LogP contribution in [0.3, 0.4) is 0 Å². The third-order valence-electron chi connectivity index (χ3n) is 2.17. The molecular formula is C9H8N4O5. The SMILES string of the molecule is O=C(O)CNC(=O)c1c(O)n2ccnc2[nH]c1=O. The van der Waals surface area contributed by atoms with E-state index in [2.05, 4.69) is 9.97 Å². The van der Waals surface area contributed by atoms with Gasteiger partial charge >= 0.3 is 5.97 Å². The molecule has 0 fully saturated rings. The zero-order chi connectivity index (χ0) is 13.3. The van der Waals surface area contributed by atoms with Crippen LogP contribution in [-0.4, -0.2) is 43.0 Å². The number of carbonyl (C=O) groups is 2. The predicted octanol–water partition coefficient (Wildman–Crippen LogP) is -1.46. The van der Waals surface area contributed by atoms with Gasteiger partial charge in [0.05, 0.1) is 0 Å². The van der Waals surface area contributed by atoms with E-state index in [4.69, 9.17) is 5.11 Å². The molecule has 0 bridgehead atoms. The van der Waals surface area contributed by atoms with E-state index < -0.39 is 35.4 Å². The zero-order valence-electron chi connectivity index (χ0n) is 8.88. The molecule has 0 aliphatic carbocycles. The first-order valence-corrected chi connectivity index (χ1v) is 4.79. The molecule has 18 heavy (non-hydrogen) atoms. The van der Waals surface area contributed by atoms with Crippen LogP contribution in [-0.2, 0) is 4.79 Å². The zero-order valence-corrected chi connectivity index (χ0v) is 8.88. The second kappa shape index (κ2) is 4.20. The van der Waals surface area contributed by atoms with Crippen molar-refractivity contribution in [3.05, 3.63) is 28.3 Å². The summed E-state index contributed by atoms with van der Waals surface area (Å²) in [5.74, 6) is -2.77. The minimum absolute atomic E-state index is 0.0762. The van der Waals surface area contributed by atoms with E-state index >= 15 is 0 Å². The number of nitrogens with one attached hydrogen (secondary N) is 2. The van der Waals surface area contributed by atoms with Crippen molar-refractivity contribution in [2.45, 2.75) is 0 Å². The Bertz CT molecular complexity index is 686. The lowest BCUT2D eigenvalue weighted by Crippen LogP contribution is -2.34. The Morgan fingerprint density at radius 1 is 1.50 bits per heavy atom. The minimum Gasteiger partial charge on any atom is -0.493 e. The van der Waals surface area contributed by atoms with Gasteiger partial charge < -0.3 is 15.5 Å². The van der Waals surface area contributed by atoms with E-state index in [0.29, 0.717) is 0 Å². The molecule has 2 aromatic heterocycles. The minimum atomic E-state index is -1.26. The number of rotatable bonds is 3. The highest BCUT2D eigenvalue weighted by atomic mass is 16.4. The summed E-state index contributed by atoms with van der Waals surface area (Å²) >= 11 is 0. The predicted molar refractivity (Wildman–Crippen MR) is 57.4 cm³/mol. The number of aromatic amines is 1. The third kappa shape index (κ3) is 1.88. The molecule has 2 aromatic rings. The lowest BCUT2D eigenvalue weighted by atomic mass is 10.3. The number of aromatic nitrogens is 3. The Balaban J connectivity index is 2.46. The van der Waals surface area contributed by atoms with Crippen molar-refractivity contribution in [3.8, 4) is 5.88 Å². The first-order valence-electron chi connectivity index (χ1n) is 4.79. The lowest BCUT2D eigenvalue weighted by Gasteiger charge is -2.05. The maximum Gasteiger partial charge on any atom is 0.322 e.